The number of ether oxygens (including phenoxy) is 1. The standard InChI is InChI=1S/C9H10N2O/c1-7-6-10-9-8(12-2)4-3-5-11(7)9/h3-6H,1-2H3. The lowest BCUT2D eigenvalue weighted by atomic mass is 10.4. The van der Waals surface area contributed by atoms with E-state index in [2.05, 4.69) is 4.98 Å². The summed E-state index contributed by atoms with van der Waals surface area (Å²) in [5.74, 6) is 0.811. The van der Waals surface area contributed by atoms with Gasteiger partial charge >= 0.3 is 0 Å². The highest BCUT2D eigenvalue weighted by molar-refractivity contribution is 5.54. The Morgan fingerprint density at radius 1 is 1.50 bits per heavy atom. The molecule has 0 aromatic carbocycles. The van der Waals surface area contributed by atoms with Crippen LogP contribution in [0.15, 0.2) is 24.5 Å². The number of methoxy groups -OCH3 is 1. The van der Waals surface area contributed by atoms with Crippen LogP contribution in [0.25, 0.3) is 5.65 Å². The minimum Gasteiger partial charge on any atom is -0.493 e. The Hall–Kier alpha value is -1.51. The summed E-state index contributed by atoms with van der Waals surface area (Å²) in [6.07, 6.45) is 3.80. The molecule has 0 spiro atoms. The maximum Gasteiger partial charge on any atom is 0.179 e. The number of hydrogen-bond donors (Lipinski definition) is 0. The van der Waals surface area contributed by atoms with E-state index in [1.54, 1.807) is 7.11 Å². The first-order valence-electron chi connectivity index (χ1n) is 3.79. The van der Waals surface area contributed by atoms with Crippen molar-refractivity contribution in [2.24, 2.45) is 0 Å². The van der Waals surface area contributed by atoms with Crippen LogP contribution in [0, 0.1) is 6.92 Å². The molecule has 0 N–H and O–H groups in total. The largest absolute Gasteiger partial charge is 0.493 e. The van der Waals surface area contributed by atoms with Crippen molar-refractivity contribution in [2.45, 2.75) is 6.92 Å². The molecule has 0 radical (unpaired) electrons. The van der Waals surface area contributed by atoms with E-state index >= 15 is 0 Å². The average molecular weight is 162 g/mol. The fraction of sp³-hybridized carbons (Fsp3) is 0.222. The van der Waals surface area contributed by atoms with Gasteiger partial charge in [-0.1, -0.05) is 0 Å². The van der Waals surface area contributed by atoms with Crippen molar-refractivity contribution in [3.63, 3.8) is 0 Å². The van der Waals surface area contributed by atoms with Gasteiger partial charge in [-0.15, -0.1) is 0 Å². The quantitative estimate of drug-likeness (QED) is 0.637. The van der Waals surface area contributed by atoms with Crippen LogP contribution in [0.3, 0.4) is 0 Å². The van der Waals surface area contributed by atoms with Crippen molar-refractivity contribution in [3.05, 3.63) is 30.2 Å². The summed E-state index contributed by atoms with van der Waals surface area (Å²) in [4.78, 5) is 4.23. The summed E-state index contributed by atoms with van der Waals surface area (Å²) in [7, 11) is 1.65. The van der Waals surface area contributed by atoms with Gasteiger partial charge in [0.05, 0.1) is 7.11 Å². The van der Waals surface area contributed by atoms with Crippen LogP contribution in [0.4, 0.5) is 0 Å². The Morgan fingerprint density at radius 3 is 3.08 bits per heavy atom. The monoisotopic (exact) mass is 162 g/mol. The summed E-state index contributed by atoms with van der Waals surface area (Å²) in [6.45, 7) is 2.01. The first-order chi connectivity index (χ1) is 5.83. The molecule has 0 fully saturated rings. The minimum atomic E-state index is 0.811. The Bertz CT molecular complexity index is 406. The highest BCUT2D eigenvalue weighted by Gasteiger charge is 2.02. The summed E-state index contributed by atoms with van der Waals surface area (Å²) < 4.78 is 7.16. The highest BCUT2D eigenvalue weighted by atomic mass is 16.5. The van der Waals surface area contributed by atoms with Crippen LogP contribution in [-0.2, 0) is 0 Å². The molecular formula is C9H10N2O. The van der Waals surface area contributed by atoms with Crippen molar-refractivity contribution in [1.29, 1.82) is 0 Å². The van der Waals surface area contributed by atoms with E-state index in [-0.39, 0.29) is 0 Å². The number of aromatic nitrogens is 2. The minimum absolute atomic E-state index is 0.811. The number of pyridine rings is 1. The van der Waals surface area contributed by atoms with Gasteiger partial charge in [-0.2, -0.15) is 0 Å². The van der Waals surface area contributed by atoms with Crippen molar-refractivity contribution < 1.29 is 4.74 Å². The third kappa shape index (κ3) is 0.863. The lowest BCUT2D eigenvalue weighted by Gasteiger charge is -2.01. The number of hydrogen-bond acceptors (Lipinski definition) is 2. The van der Waals surface area contributed by atoms with Crippen molar-refractivity contribution in [2.75, 3.05) is 7.11 Å². The van der Waals surface area contributed by atoms with Gasteiger partial charge in [0.2, 0.25) is 0 Å². The molecular weight excluding hydrogens is 152 g/mol. The summed E-state index contributed by atoms with van der Waals surface area (Å²) in [5.41, 5.74) is 1.99. The maximum atomic E-state index is 5.16. The zero-order chi connectivity index (χ0) is 8.55. The Morgan fingerprint density at radius 2 is 2.33 bits per heavy atom. The number of imidazole rings is 1. The van der Waals surface area contributed by atoms with Crippen molar-refractivity contribution in [3.8, 4) is 5.75 Å². The maximum absolute atomic E-state index is 5.16. The van der Waals surface area contributed by atoms with Gasteiger partial charge in [-0.05, 0) is 19.1 Å². The Balaban J connectivity index is 2.81. The van der Waals surface area contributed by atoms with Gasteiger partial charge in [-0.25, -0.2) is 4.98 Å². The SMILES string of the molecule is COc1cccn2c(C)cnc12. The second kappa shape index (κ2) is 2.52. The smallest absolute Gasteiger partial charge is 0.179 e. The third-order valence-corrected chi connectivity index (χ3v) is 1.90. The molecule has 62 valence electrons. The topological polar surface area (TPSA) is 26.5 Å². The molecule has 2 aromatic rings. The fourth-order valence-electron chi connectivity index (χ4n) is 1.27. The van der Waals surface area contributed by atoms with Crippen LogP contribution in [-0.4, -0.2) is 16.5 Å². The Labute approximate surface area is 70.6 Å². The number of nitrogens with zero attached hydrogens (tertiary/aromatic N) is 2. The van der Waals surface area contributed by atoms with E-state index in [1.165, 1.54) is 0 Å². The molecule has 0 unspecified atom stereocenters. The van der Waals surface area contributed by atoms with E-state index in [1.807, 2.05) is 35.9 Å². The van der Waals surface area contributed by atoms with E-state index in [4.69, 9.17) is 4.74 Å². The lowest BCUT2D eigenvalue weighted by Crippen LogP contribution is -1.90. The van der Waals surface area contributed by atoms with Crippen LogP contribution in [0.5, 0.6) is 5.75 Å². The summed E-state index contributed by atoms with van der Waals surface area (Å²) >= 11 is 0. The van der Waals surface area contributed by atoms with Crippen molar-refractivity contribution in [1.82, 2.24) is 9.38 Å². The van der Waals surface area contributed by atoms with Crippen LogP contribution in [0.1, 0.15) is 5.69 Å². The summed E-state index contributed by atoms with van der Waals surface area (Å²) in [6, 6.07) is 3.85. The molecule has 2 heterocycles. The van der Waals surface area contributed by atoms with Crippen LogP contribution < -0.4 is 4.74 Å². The lowest BCUT2D eigenvalue weighted by molar-refractivity contribution is 0.417. The van der Waals surface area contributed by atoms with Crippen LogP contribution in [0.2, 0.25) is 0 Å². The van der Waals surface area contributed by atoms with Gasteiger partial charge < -0.3 is 9.14 Å². The molecule has 0 aliphatic carbocycles. The molecule has 0 aliphatic heterocycles. The highest BCUT2D eigenvalue weighted by Crippen LogP contribution is 2.17. The number of fused-ring (bicyclic) bond motifs is 1. The molecule has 0 bridgehead atoms. The van der Waals surface area contributed by atoms with Gasteiger partial charge in [0.25, 0.3) is 0 Å². The van der Waals surface area contributed by atoms with Gasteiger partial charge in [-0.3, -0.25) is 0 Å². The predicted octanol–water partition coefficient (Wildman–Crippen LogP) is 1.65. The van der Waals surface area contributed by atoms with Gasteiger partial charge in [0.15, 0.2) is 11.4 Å². The number of aryl methyl sites for hydroxylation is 1. The fourth-order valence-corrected chi connectivity index (χ4v) is 1.27. The normalized spacial score (nSPS) is 10.5. The zero-order valence-corrected chi connectivity index (χ0v) is 7.11. The molecule has 3 heteroatoms. The zero-order valence-electron chi connectivity index (χ0n) is 7.11. The second-order valence-corrected chi connectivity index (χ2v) is 2.67. The van der Waals surface area contributed by atoms with E-state index in [9.17, 15) is 0 Å². The molecule has 2 aromatic heterocycles. The van der Waals surface area contributed by atoms with E-state index in [0.29, 0.717) is 0 Å². The second-order valence-electron chi connectivity index (χ2n) is 2.67. The van der Waals surface area contributed by atoms with Gasteiger partial charge in [0.1, 0.15) is 0 Å². The average Bonchev–Trinajstić information content (AvgIpc) is 2.48. The van der Waals surface area contributed by atoms with Gasteiger partial charge in [0, 0.05) is 18.1 Å². The van der Waals surface area contributed by atoms with Crippen molar-refractivity contribution >= 4 is 5.65 Å². The first kappa shape index (κ1) is 7.16. The first-order valence-corrected chi connectivity index (χ1v) is 3.79. The Kier molecular flexibility index (Phi) is 1.50. The predicted molar refractivity (Wildman–Crippen MR) is 46.5 cm³/mol. The summed E-state index contributed by atoms with van der Waals surface area (Å²) in [5, 5.41) is 0. The molecule has 2 rings (SSSR count). The van der Waals surface area contributed by atoms with Crippen LogP contribution >= 0.6 is 0 Å². The molecule has 0 amide bonds. The molecule has 0 aliphatic rings. The van der Waals surface area contributed by atoms with E-state index in [0.717, 1.165) is 17.1 Å². The van der Waals surface area contributed by atoms with E-state index < -0.39 is 0 Å². The molecule has 0 atom stereocenters. The number of rotatable bonds is 1. The molecule has 3 nitrogen and oxygen atoms in total. The third-order valence-electron chi connectivity index (χ3n) is 1.90. The molecule has 12 heavy (non-hydrogen) atoms. The molecule has 0 saturated heterocycles. The molecule has 0 saturated carbocycles.